The first kappa shape index (κ1) is 15.9. The number of carbonyl (C=O) groups excluding carboxylic acids is 1. The molecule has 19 heavy (non-hydrogen) atoms. The highest BCUT2D eigenvalue weighted by Crippen LogP contribution is 2.21. The van der Waals surface area contributed by atoms with E-state index in [4.69, 9.17) is 17.3 Å². The summed E-state index contributed by atoms with van der Waals surface area (Å²) < 4.78 is 30.6. The highest BCUT2D eigenvalue weighted by molar-refractivity contribution is 7.89. The molecule has 1 aromatic rings. The van der Waals surface area contributed by atoms with Gasteiger partial charge in [0.05, 0.1) is 22.6 Å². The van der Waals surface area contributed by atoms with Gasteiger partial charge in [-0.05, 0) is 25.1 Å². The minimum absolute atomic E-state index is 0.00974. The molecule has 1 atom stereocenters. The first-order valence-corrected chi connectivity index (χ1v) is 7.27. The molecule has 0 amide bonds. The zero-order chi connectivity index (χ0) is 14.6. The van der Waals surface area contributed by atoms with Crippen LogP contribution in [0.1, 0.15) is 17.3 Å². The van der Waals surface area contributed by atoms with Gasteiger partial charge in [-0.2, -0.15) is 0 Å². The summed E-state index contributed by atoms with van der Waals surface area (Å²) in [6, 6.07) is 3.47. The van der Waals surface area contributed by atoms with Crippen molar-refractivity contribution in [3.05, 3.63) is 28.8 Å². The summed E-state index contributed by atoms with van der Waals surface area (Å²) in [5.41, 5.74) is 5.58. The van der Waals surface area contributed by atoms with E-state index in [2.05, 4.69) is 9.46 Å². The third-order valence-electron chi connectivity index (χ3n) is 2.25. The lowest BCUT2D eigenvalue weighted by Crippen LogP contribution is -2.35. The zero-order valence-electron chi connectivity index (χ0n) is 10.5. The Balaban J connectivity index is 3.04. The predicted octanol–water partition coefficient (Wildman–Crippen LogP) is 0.752. The number of sulfonamides is 1. The highest BCUT2D eigenvalue weighted by atomic mass is 35.5. The van der Waals surface area contributed by atoms with Crippen molar-refractivity contribution in [2.75, 3.05) is 13.7 Å². The summed E-state index contributed by atoms with van der Waals surface area (Å²) in [7, 11) is -2.48. The van der Waals surface area contributed by atoms with Crippen LogP contribution in [0.2, 0.25) is 5.02 Å². The van der Waals surface area contributed by atoms with E-state index in [9.17, 15) is 13.2 Å². The van der Waals surface area contributed by atoms with E-state index in [0.29, 0.717) is 0 Å². The number of rotatable bonds is 5. The lowest BCUT2D eigenvalue weighted by Gasteiger charge is -2.10. The van der Waals surface area contributed by atoms with Gasteiger partial charge in [-0.25, -0.2) is 17.9 Å². The molecule has 6 nitrogen and oxygen atoms in total. The van der Waals surface area contributed by atoms with Crippen LogP contribution in [0.5, 0.6) is 0 Å². The van der Waals surface area contributed by atoms with Crippen LogP contribution in [0.3, 0.4) is 0 Å². The molecule has 0 fully saturated rings. The largest absolute Gasteiger partial charge is 0.465 e. The van der Waals surface area contributed by atoms with Crippen molar-refractivity contribution >= 4 is 27.6 Å². The van der Waals surface area contributed by atoms with Crippen molar-refractivity contribution in [1.82, 2.24) is 4.72 Å². The Morgan fingerprint density at radius 2 is 2.16 bits per heavy atom. The van der Waals surface area contributed by atoms with E-state index in [1.54, 1.807) is 6.92 Å². The summed E-state index contributed by atoms with van der Waals surface area (Å²) in [6.07, 6.45) is 0. The fourth-order valence-corrected chi connectivity index (χ4v) is 2.75. The van der Waals surface area contributed by atoms with Crippen LogP contribution in [-0.2, 0) is 14.8 Å². The number of methoxy groups -OCH3 is 1. The lowest BCUT2D eigenvalue weighted by atomic mass is 10.2. The molecule has 1 aromatic carbocycles. The van der Waals surface area contributed by atoms with Crippen LogP contribution >= 0.6 is 11.6 Å². The Morgan fingerprint density at radius 1 is 1.53 bits per heavy atom. The molecule has 0 aromatic heterocycles. The minimum Gasteiger partial charge on any atom is -0.465 e. The van der Waals surface area contributed by atoms with Crippen LogP contribution in [-0.4, -0.2) is 34.1 Å². The van der Waals surface area contributed by atoms with Gasteiger partial charge >= 0.3 is 5.97 Å². The van der Waals surface area contributed by atoms with E-state index >= 15 is 0 Å². The first-order valence-electron chi connectivity index (χ1n) is 5.41. The molecule has 0 aliphatic rings. The van der Waals surface area contributed by atoms with Gasteiger partial charge < -0.3 is 10.5 Å². The Hall–Kier alpha value is -1.15. The molecule has 0 saturated heterocycles. The number of hydrogen-bond donors (Lipinski definition) is 2. The summed E-state index contributed by atoms with van der Waals surface area (Å²) in [5, 5.41) is 0.00974. The summed E-state index contributed by atoms with van der Waals surface area (Å²) in [4.78, 5) is 11.3. The van der Waals surface area contributed by atoms with Gasteiger partial charge in [-0.3, -0.25) is 0 Å². The second kappa shape index (κ2) is 6.33. The van der Waals surface area contributed by atoms with Crippen LogP contribution in [0, 0.1) is 0 Å². The van der Waals surface area contributed by atoms with Gasteiger partial charge in [-0.1, -0.05) is 11.6 Å². The van der Waals surface area contributed by atoms with Crippen molar-refractivity contribution in [3.8, 4) is 0 Å². The van der Waals surface area contributed by atoms with Crippen LogP contribution in [0.15, 0.2) is 23.1 Å². The number of benzene rings is 1. The third-order valence-corrected chi connectivity index (χ3v) is 3.99. The second-order valence-electron chi connectivity index (χ2n) is 3.96. The molecule has 0 bridgehead atoms. The van der Waals surface area contributed by atoms with E-state index in [-0.39, 0.29) is 28.1 Å². The highest BCUT2D eigenvalue weighted by Gasteiger charge is 2.18. The Labute approximate surface area is 116 Å². The van der Waals surface area contributed by atoms with Crippen molar-refractivity contribution in [2.45, 2.75) is 17.9 Å². The molecule has 1 unspecified atom stereocenters. The Morgan fingerprint density at radius 3 is 2.63 bits per heavy atom. The van der Waals surface area contributed by atoms with Crippen LogP contribution < -0.4 is 10.5 Å². The summed E-state index contributed by atoms with van der Waals surface area (Å²) in [6.45, 7) is 1.79. The SMILES string of the molecule is COC(=O)c1ccc(S(=O)(=O)NCC(C)N)cc1Cl. The maximum absolute atomic E-state index is 11.9. The van der Waals surface area contributed by atoms with E-state index in [0.717, 1.165) is 0 Å². The van der Waals surface area contributed by atoms with E-state index < -0.39 is 16.0 Å². The fourth-order valence-electron chi connectivity index (χ4n) is 1.26. The van der Waals surface area contributed by atoms with Gasteiger partial charge in [0.25, 0.3) is 0 Å². The molecule has 8 heteroatoms. The number of nitrogens with two attached hydrogens (primary N) is 1. The molecule has 0 heterocycles. The molecule has 0 aliphatic heterocycles. The Bertz CT molecular complexity index is 572. The molecule has 0 aliphatic carbocycles. The second-order valence-corrected chi connectivity index (χ2v) is 6.14. The van der Waals surface area contributed by atoms with Crippen molar-refractivity contribution in [2.24, 2.45) is 5.73 Å². The monoisotopic (exact) mass is 306 g/mol. The van der Waals surface area contributed by atoms with Gasteiger partial charge in [0.2, 0.25) is 10.0 Å². The van der Waals surface area contributed by atoms with Gasteiger partial charge in [0.15, 0.2) is 0 Å². The number of hydrogen-bond acceptors (Lipinski definition) is 5. The molecule has 1 rings (SSSR count). The standard InChI is InChI=1S/C11H15ClN2O4S/c1-7(13)6-14-19(16,17)8-3-4-9(10(12)5-8)11(15)18-2/h3-5,7,14H,6,13H2,1-2H3. The zero-order valence-corrected chi connectivity index (χ0v) is 12.1. The average molecular weight is 307 g/mol. The quantitative estimate of drug-likeness (QED) is 0.782. The molecule has 0 radical (unpaired) electrons. The molecule has 106 valence electrons. The number of halogens is 1. The molecule has 0 saturated carbocycles. The van der Waals surface area contributed by atoms with Gasteiger partial charge in [-0.15, -0.1) is 0 Å². The number of ether oxygens (including phenoxy) is 1. The number of carbonyl (C=O) groups is 1. The van der Waals surface area contributed by atoms with Crippen LogP contribution in [0.4, 0.5) is 0 Å². The van der Waals surface area contributed by atoms with Crippen molar-refractivity contribution in [3.63, 3.8) is 0 Å². The van der Waals surface area contributed by atoms with E-state index in [1.807, 2.05) is 0 Å². The van der Waals surface area contributed by atoms with Crippen molar-refractivity contribution in [1.29, 1.82) is 0 Å². The number of nitrogens with one attached hydrogen (secondary N) is 1. The maximum atomic E-state index is 11.9. The molecule has 0 spiro atoms. The number of esters is 1. The predicted molar refractivity (Wildman–Crippen MR) is 71.6 cm³/mol. The molecule has 3 N–H and O–H groups in total. The maximum Gasteiger partial charge on any atom is 0.339 e. The summed E-state index contributed by atoms with van der Waals surface area (Å²) >= 11 is 5.85. The first-order chi connectivity index (χ1) is 8.77. The molecular formula is C11H15ClN2O4S. The van der Waals surface area contributed by atoms with Gasteiger partial charge in [0, 0.05) is 12.6 Å². The summed E-state index contributed by atoms with van der Waals surface area (Å²) in [5.74, 6) is -0.627. The fraction of sp³-hybridized carbons (Fsp3) is 0.364. The third kappa shape index (κ3) is 4.17. The lowest BCUT2D eigenvalue weighted by molar-refractivity contribution is 0.0601. The normalized spacial score (nSPS) is 13.1. The van der Waals surface area contributed by atoms with Gasteiger partial charge in [0.1, 0.15) is 0 Å². The molecular weight excluding hydrogens is 292 g/mol. The van der Waals surface area contributed by atoms with Crippen LogP contribution in [0.25, 0.3) is 0 Å². The Kier molecular flexibility index (Phi) is 5.30. The van der Waals surface area contributed by atoms with E-state index in [1.165, 1.54) is 25.3 Å². The smallest absolute Gasteiger partial charge is 0.339 e. The topological polar surface area (TPSA) is 98.5 Å². The van der Waals surface area contributed by atoms with Crippen molar-refractivity contribution < 1.29 is 17.9 Å². The minimum atomic E-state index is -3.69. The average Bonchev–Trinajstić information content (AvgIpc) is 2.35.